The van der Waals surface area contributed by atoms with Crippen LogP contribution in [0.15, 0.2) is 0 Å². The lowest BCUT2D eigenvalue weighted by molar-refractivity contribution is -0.123. The minimum Gasteiger partial charge on any atom is -0.393 e. The summed E-state index contributed by atoms with van der Waals surface area (Å²) >= 11 is 0. The molecular weight excluding hydrogens is 202 g/mol. The highest BCUT2D eigenvalue weighted by Gasteiger charge is 2.56. The molecule has 3 heteroatoms. The van der Waals surface area contributed by atoms with Crippen molar-refractivity contribution in [2.24, 2.45) is 23.7 Å². The van der Waals surface area contributed by atoms with Gasteiger partial charge in [-0.3, -0.25) is 4.79 Å². The molecule has 3 fully saturated rings. The predicted molar refractivity (Wildman–Crippen MR) is 60.7 cm³/mol. The molecule has 16 heavy (non-hydrogen) atoms. The molecule has 4 unspecified atom stereocenters. The van der Waals surface area contributed by atoms with Crippen LogP contribution in [0.2, 0.25) is 0 Å². The zero-order chi connectivity index (χ0) is 11.1. The standard InChI is InChI=1S/C13H21NO2/c15-11-6-1-3-8(11)7-14-13(16)12-9-4-2-5-10(9)12/h8-12,15H,1-7H2,(H,14,16). The van der Waals surface area contributed by atoms with Crippen molar-refractivity contribution in [3.8, 4) is 0 Å². The SMILES string of the molecule is O=C(NCC1CCCC1O)C1C2CCCC21. The normalized spacial score (nSPS) is 45.4. The monoisotopic (exact) mass is 223 g/mol. The van der Waals surface area contributed by atoms with Crippen LogP contribution in [0.1, 0.15) is 38.5 Å². The van der Waals surface area contributed by atoms with E-state index in [0.717, 1.165) is 19.3 Å². The smallest absolute Gasteiger partial charge is 0.223 e. The van der Waals surface area contributed by atoms with Crippen LogP contribution in [0.25, 0.3) is 0 Å². The van der Waals surface area contributed by atoms with E-state index in [1.807, 2.05) is 0 Å². The number of rotatable bonds is 3. The summed E-state index contributed by atoms with van der Waals surface area (Å²) in [5, 5.41) is 12.7. The first-order chi connectivity index (χ1) is 7.77. The summed E-state index contributed by atoms with van der Waals surface area (Å²) in [7, 11) is 0. The molecule has 1 amide bonds. The average molecular weight is 223 g/mol. The van der Waals surface area contributed by atoms with E-state index < -0.39 is 0 Å². The number of aliphatic hydroxyl groups excluding tert-OH is 1. The van der Waals surface area contributed by atoms with Crippen molar-refractivity contribution in [2.45, 2.75) is 44.6 Å². The lowest BCUT2D eigenvalue weighted by Gasteiger charge is -2.15. The van der Waals surface area contributed by atoms with Gasteiger partial charge in [0.15, 0.2) is 0 Å². The van der Waals surface area contributed by atoms with Gasteiger partial charge in [-0.15, -0.1) is 0 Å². The number of hydrogen-bond donors (Lipinski definition) is 2. The molecule has 3 aliphatic carbocycles. The van der Waals surface area contributed by atoms with Gasteiger partial charge in [-0.1, -0.05) is 12.8 Å². The Morgan fingerprint density at radius 1 is 1.12 bits per heavy atom. The van der Waals surface area contributed by atoms with E-state index in [0.29, 0.717) is 30.2 Å². The van der Waals surface area contributed by atoms with Gasteiger partial charge in [0.2, 0.25) is 5.91 Å². The van der Waals surface area contributed by atoms with Gasteiger partial charge < -0.3 is 10.4 Å². The molecule has 0 aromatic heterocycles. The van der Waals surface area contributed by atoms with Gasteiger partial charge in [-0.2, -0.15) is 0 Å². The highest BCUT2D eigenvalue weighted by molar-refractivity contribution is 5.82. The van der Waals surface area contributed by atoms with Crippen LogP contribution >= 0.6 is 0 Å². The van der Waals surface area contributed by atoms with Crippen molar-refractivity contribution in [2.75, 3.05) is 6.54 Å². The molecule has 0 aliphatic heterocycles. The van der Waals surface area contributed by atoms with E-state index in [9.17, 15) is 9.90 Å². The zero-order valence-corrected chi connectivity index (χ0v) is 9.69. The Labute approximate surface area is 96.6 Å². The Morgan fingerprint density at radius 3 is 2.44 bits per heavy atom. The molecule has 3 rings (SSSR count). The van der Waals surface area contributed by atoms with Crippen LogP contribution in [0.3, 0.4) is 0 Å². The van der Waals surface area contributed by atoms with Crippen molar-refractivity contribution in [1.82, 2.24) is 5.32 Å². The topological polar surface area (TPSA) is 49.3 Å². The summed E-state index contributed by atoms with van der Waals surface area (Å²) < 4.78 is 0. The molecular formula is C13H21NO2. The summed E-state index contributed by atoms with van der Waals surface area (Å²) in [5.74, 6) is 2.30. The first-order valence-corrected chi connectivity index (χ1v) is 6.73. The van der Waals surface area contributed by atoms with Gasteiger partial charge >= 0.3 is 0 Å². The molecule has 0 aromatic rings. The maximum absolute atomic E-state index is 11.9. The summed E-state index contributed by atoms with van der Waals surface area (Å²) in [6, 6.07) is 0. The fourth-order valence-electron chi connectivity index (χ4n) is 3.82. The number of carbonyl (C=O) groups excluding carboxylic acids is 1. The first kappa shape index (κ1) is 10.6. The predicted octanol–water partition coefficient (Wildman–Crippen LogP) is 1.31. The number of hydrogen-bond acceptors (Lipinski definition) is 2. The molecule has 0 aromatic carbocycles. The van der Waals surface area contributed by atoms with Gasteiger partial charge in [-0.25, -0.2) is 0 Å². The lowest BCUT2D eigenvalue weighted by Crippen LogP contribution is -2.34. The van der Waals surface area contributed by atoms with E-state index in [-0.39, 0.29) is 12.0 Å². The third kappa shape index (κ3) is 1.75. The second-order valence-electron chi connectivity index (χ2n) is 5.79. The fraction of sp³-hybridized carbons (Fsp3) is 0.923. The number of nitrogens with one attached hydrogen (secondary N) is 1. The highest BCUT2D eigenvalue weighted by Crippen LogP contribution is 2.57. The second-order valence-corrected chi connectivity index (χ2v) is 5.79. The summed E-state index contributed by atoms with van der Waals surface area (Å²) in [6.07, 6.45) is 6.74. The Balaban J connectivity index is 1.44. The van der Waals surface area contributed by atoms with E-state index in [4.69, 9.17) is 0 Å². The summed E-state index contributed by atoms with van der Waals surface area (Å²) in [4.78, 5) is 11.9. The third-order valence-electron chi connectivity index (χ3n) is 4.87. The third-order valence-corrected chi connectivity index (χ3v) is 4.87. The van der Waals surface area contributed by atoms with E-state index in [2.05, 4.69) is 5.32 Å². The van der Waals surface area contributed by atoms with Crippen LogP contribution in [0, 0.1) is 23.7 Å². The summed E-state index contributed by atoms with van der Waals surface area (Å²) in [6.45, 7) is 0.690. The molecule has 0 saturated heterocycles. The van der Waals surface area contributed by atoms with Crippen LogP contribution in [0.4, 0.5) is 0 Å². The van der Waals surface area contributed by atoms with E-state index >= 15 is 0 Å². The molecule has 0 spiro atoms. The zero-order valence-electron chi connectivity index (χ0n) is 9.69. The number of aliphatic hydroxyl groups is 1. The number of amides is 1. The van der Waals surface area contributed by atoms with Crippen LogP contribution in [-0.2, 0) is 4.79 Å². The van der Waals surface area contributed by atoms with Crippen LogP contribution in [0.5, 0.6) is 0 Å². The maximum atomic E-state index is 11.9. The van der Waals surface area contributed by atoms with Crippen LogP contribution in [-0.4, -0.2) is 23.7 Å². The van der Waals surface area contributed by atoms with Gasteiger partial charge in [0.1, 0.15) is 0 Å². The second kappa shape index (κ2) is 4.02. The van der Waals surface area contributed by atoms with Crippen LogP contribution < -0.4 is 5.32 Å². The number of carbonyl (C=O) groups is 1. The molecule has 3 nitrogen and oxygen atoms in total. The first-order valence-electron chi connectivity index (χ1n) is 6.73. The molecule has 4 atom stereocenters. The minimum absolute atomic E-state index is 0.181. The molecule has 90 valence electrons. The van der Waals surface area contributed by atoms with E-state index in [1.165, 1.54) is 19.3 Å². The van der Waals surface area contributed by atoms with Crippen molar-refractivity contribution in [3.05, 3.63) is 0 Å². The van der Waals surface area contributed by atoms with Crippen molar-refractivity contribution in [3.63, 3.8) is 0 Å². The fourth-order valence-corrected chi connectivity index (χ4v) is 3.82. The van der Waals surface area contributed by atoms with Gasteiger partial charge in [0.25, 0.3) is 0 Å². The number of fused-ring (bicyclic) bond motifs is 1. The van der Waals surface area contributed by atoms with Crippen molar-refractivity contribution < 1.29 is 9.90 Å². The Morgan fingerprint density at radius 2 is 1.81 bits per heavy atom. The Hall–Kier alpha value is -0.570. The molecule has 0 bridgehead atoms. The van der Waals surface area contributed by atoms with E-state index in [1.54, 1.807) is 0 Å². The lowest BCUT2D eigenvalue weighted by atomic mass is 10.1. The maximum Gasteiger partial charge on any atom is 0.223 e. The van der Waals surface area contributed by atoms with Crippen molar-refractivity contribution >= 4 is 5.91 Å². The largest absolute Gasteiger partial charge is 0.393 e. The van der Waals surface area contributed by atoms with Crippen molar-refractivity contribution in [1.29, 1.82) is 0 Å². The van der Waals surface area contributed by atoms with Gasteiger partial charge in [0, 0.05) is 18.4 Å². The highest BCUT2D eigenvalue weighted by atomic mass is 16.3. The molecule has 0 heterocycles. The quantitative estimate of drug-likeness (QED) is 0.758. The summed E-state index contributed by atoms with van der Waals surface area (Å²) in [5.41, 5.74) is 0. The minimum atomic E-state index is -0.181. The average Bonchev–Trinajstić information content (AvgIpc) is 2.67. The Kier molecular flexibility index (Phi) is 2.66. The Bertz CT molecular complexity index is 282. The molecule has 2 N–H and O–H groups in total. The van der Waals surface area contributed by atoms with Gasteiger partial charge in [-0.05, 0) is 37.5 Å². The molecule has 3 aliphatic rings. The van der Waals surface area contributed by atoms with Gasteiger partial charge in [0.05, 0.1) is 6.10 Å². The molecule has 0 radical (unpaired) electrons. The molecule has 3 saturated carbocycles.